The van der Waals surface area contributed by atoms with Gasteiger partial charge in [0.1, 0.15) is 6.04 Å². The van der Waals surface area contributed by atoms with Gasteiger partial charge in [0.15, 0.2) is 0 Å². The molecule has 1 aromatic rings. The molecule has 0 aliphatic heterocycles. The summed E-state index contributed by atoms with van der Waals surface area (Å²) in [6.45, 7) is 0. The van der Waals surface area contributed by atoms with Gasteiger partial charge in [-0.1, -0.05) is 30.3 Å². The number of aliphatic carboxylic acids is 1. The molecule has 0 aliphatic carbocycles. The third kappa shape index (κ3) is 4.68. The first-order valence-corrected chi connectivity index (χ1v) is 6.41. The van der Waals surface area contributed by atoms with Gasteiger partial charge in [0.2, 0.25) is 0 Å². The van der Waals surface area contributed by atoms with E-state index < -0.39 is 12.0 Å². The van der Waals surface area contributed by atoms with Gasteiger partial charge in [0.05, 0.1) is 0 Å². The van der Waals surface area contributed by atoms with Crippen molar-refractivity contribution in [1.82, 2.24) is 5.32 Å². The molecule has 0 bridgehead atoms. The van der Waals surface area contributed by atoms with Crippen LogP contribution in [-0.2, 0) is 10.5 Å². The van der Waals surface area contributed by atoms with Gasteiger partial charge in [-0.25, -0.2) is 0 Å². The summed E-state index contributed by atoms with van der Waals surface area (Å²) in [5.41, 5.74) is 1.28. The molecule has 2 N–H and O–H groups in total. The minimum absolute atomic E-state index is 0.428. The van der Waals surface area contributed by atoms with Crippen LogP contribution in [0, 0.1) is 0 Å². The maximum absolute atomic E-state index is 10.7. The fourth-order valence-electron chi connectivity index (χ4n) is 1.36. The average molecular weight is 239 g/mol. The molecular formula is C12H17NO2S. The molecule has 0 aliphatic rings. The van der Waals surface area contributed by atoms with Gasteiger partial charge in [-0.3, -0.25) is 4.79 Å². The summed E-state index contributed by atoms with van der Waals surface area (Å²) >= 11 is 1.76. The molecule has 3 nitrogen and oxygen atoms in total. The molecule has 16 heavy (non-hydrogen) atoms. The maximum atomic E-state index is 10.7. The van der Waals surface area contributed by atoms with Crippen molar-refractivity contribution in [1.29, 1.82) is 0 Å². The molecule has 88 valence electrons. The first kappa shape index (κ1) is 13.1. The van der Waals surface area contributed by atoms with Crippen molar-refractivity contribution in [2.75, 3.05) is 12.8 Å². The van der Waals surface area contributed by atoms with E-state index in [1.807, 2.05) is 18.2 Å². The molecule has 4 heteroatoms. The maximum Gasteiger partial charge on any atom is 0.320 e. The first-order valence-electron chi connectivity index (χ1n) is 5.25. The second-order valence-electron chi connectivity index (χ2n) is 3.51. The molecule has 1 atom stereocenters. The number of carboxylic acids is 1. The molecule has 0 saturated carbocycles. The van der Waals surface area contributed by atoms with Crippen LogP contribution in [0.5, 0.6) is 0 Å². The summed E-state index contributed by atoms with van der Waals surface area (Å²) < 4.78 is 0. The van der Waals surface area contributed by atoms with Crippen LogP contribution in [0.25, 0.3) is 0 Å². The van der Waals surface area contributed by atoms with Crippen molar-refractivity contribution in [3.63, 3.8) is 0 Å². The van der Waals surface area contributed by atoms with Crippen molar-refractivity contribution in [3.8, 4) is 0 Å². The number of carboxylic acid groups (broad SMARTS) is 1. The number of hydrogen-bond donors (Lipinski definition) is 2. The van der Waals surface area contributed by atoms with Gasteiger partial charge >= 0.3 is 5.97 Å². The van der Waals surface area contributed by atoms with Crippen LogP contribution in [0.15, 0.2) is 30.3 Å². The van der Waals surface area contributed by atoms with Crippen molar-refractivity contribution < 1.29 is 9.90 Å². The topological polar surface area (TPSA) is 49.3 Å². The van der Waals surface area contributed by atoms with E-state index in [1.165, 1.54) is 5.56 Å². The number of nitrogens with one attached hydrogen (secondary N) is 1. The Morgan fingerprint density at radius 3 is 2.69 bits per heavy atom. The number of thioether (sulfide) groups is 1. The van der Waals surface area contributed by atoms with Crippen LogP contribution >= 0.6 is 11.8 Å². The first-order chi connectivity index (χ1) is 7.74. The normalized spacial score (nSPS) is 12.3. The number of rotatable bonds is 7. The predicted octanol–water partition coefficient (Wildman–Crippen LogP) is 1.98. The highest BCUT2D eigenvalue weighted by molar-refractivity contribution is 7.98. The highest BCUT2D eigenvalue weighted by Crippen LogP contribution is 2.13. The van der Waals surface area contributed by atoms with Crippen molar-refractivity contribution >= 4 is 17.7 Å². The lowest BCUT2D eigenvalue weighted by atomic mass is 10.2. The Balaban J connectivity index is 2.19. The molecular weight excluding hydrogens is 222 g/mol. The Morgan fingerprint density at radius 2 is 2.12 bits per heavy atom. The van der Waals surface area contributed by atoms with E-state index >= 15 is 0 Å². The number of hydrogen-bond acceptors (Lipinski definition) is 3. The summed E-state index contributed by atoms with van der Waals surface area (Å²) in [6, 6.07) is 9.77. The standard InChI is InChI=1S/C12H17NO2S/c1-13-11(12(14)15)7-8-16-9-10-5-3-2-4-6-10/h2-6,11,13H,7-9H2,1H3,(H,14,15). The average Bonchev–Trinajstić information content (AvgIpc) is 2.30. The fourth-order valence-corrected chi connectivity index (χ4v) is 2.33. The second-order valence-corrected chi connectivity index (χ2v) is 4.61. The van der Waals surface area contributed by atoms with Gasteiger partial charge < -0.3 is 10.4 Å². The van der Waals surface area contributed by atoms with E-state index in [0.717, 1.165) is 11.5 Å². The largest absolute Gasteiger partial charge is 0.480 e. The Kier molecular flexibility index (Phi) is 5.96. The molecule has 0 fully saturated rings. The van der Waals surface area contributed by atoms with E-state index in [2.05, 4.69) is 17.4 Å². The zero-order chi connectivity index (χ0) is 11.8. The summed E-state index contributed by atoms with van der Waals surface area (Å²) in [5.74, 6) is 1.02. The third-order valence-corrected chi connectivity index (χ3v) is 3.37. The van der Waals surface area contributed by atoms with E-state index in [9.17, 15) is 4.79 Å². The molecule has 0 saturated heterocycles. The zero-order valence-electron chi connectivity index (χ0n) is 9.35. The second kappa shape index (κ2) is 7.30. The Hall–Kier alpha value is -1.00. The Bertz CT molecular complexity index is 316. The minimum atomic E-state index is -0.775. The molecule has 1 rings (SSSR count). The SMILES string of the molecule is CNC(CCSCc1ccccc1)C(=O)O. The van der Waals surface area contributed by atoms with Crippen LogP contribution < -0.4 is 5.32 Å². The van der Waals surface area contributed by atoms with Crippen LogP contribution in [0.3, 0.4) is 0 Å². The van der Waals surface area contributed by atoms with Crippen molar-refractivity contribution in [2.45, 2.75) is 18.2 Å². The lowest BCUT2D eigenvalue weighted by Crippen LogP contribution is -2.34. The predicted molar refractivity (Wildman–Crippen MR) is 67.7 cm³/mol. The molecule has 0 heterocycles. The molecule has 0 aromatic heterocycles. The highest BCUT2D eigenvalue weighted by Gasteiger charge is 2.13. The van der Waals surface area contributed by atoms with Gasteiger partial charge in [0, 0.05) is 5.75 Å². The van der Waals surface area contributed by atoms with Gasteiger partial charge in [-0.15, -0.1) is 0 Å². The summed E-state index contributed by atoms with van der Waals surface area (Å²) in [6.07, 6.45) is 0.656. The van der Waals surface area contributed by atoms with Crippen molar-refractivity contribution in [3.05, 3.63) is 35.9 Å². The summed E-state index contributed by atoms with van der Waals surface area (Å²) in [4.78, 5) is 10.7. The van der Waals surface area contributed by atoms with E-state index in [-0.39, 0.29) is 0 Å². The molecule has 0 radical (unpaired) electrons. The van der Waals surface area contributed by atoms with Crippen molar-refractivity contribution in [2.24, 2.45) is 0 Å². The monoisotopic (exact) mass is 239 g/mol. The third-order valence-electron chi connectivity index (χ3n) is 2.31. The Labute approximate surface area is 100 Å². The molecule has 1 aromatic carbocycles. The molecule has 1 unspecified atom stereocenters. The minimum Gasteiger partial charge on any atom is -0.480 e. The quantitative estimate of drug-likeness (QED) is 0.714. The number of benzene rings is 1. The van der Waals surface area contributed by atoms with Crippen LogP contribution in [0.4, 0.5) is 0 Å². The number of likely N-dealkylation sites (N-methyl/N-ethyl adjacent to an activating group) is 1. The lowest BCUT2D eigenvalue weighted by Gasteiger charge is -2.10. The molecule has 0 spiro atoms. The fraction of sp³-hybridized carbons (Fsp3) is 0.417. The van der Waals surface area contributed by atoms with Gasteiger partial charge in [-0.2, -0.15) is 11.8 Å². The smallest absolute Gasteiger partial charge is 0.320 e. The van der Waals surface area contributed by atoms with Gasteiger partial charge in [0.25, 0.3) is 0 Å². The lowest BCUT2D eigenvalue weighted by molar-refractivity contribution is -0.139. The van der Waals surface area contributed by atoms with E-state index in [4.69, 9.17) is 5.11 Å². The van der Waals surface area contributed by atoms with Crippen LogP contribution in [-0.4, -0.2) is 29.9 Å². The molecule has 0 amide bonds. The number of carbonyl (C=O) groups is 1. The van der Waals surface area contributed by atoms with E-state index in [1.54, 1.807) is 18.8 Å². The zero-order valence-corrected chi connectivity index (χ0v) is 10.2. The highest BCUT2D eigenvalue weighted by atomic mass is 32.2. The van der Waals surface area contributed by atoms with Gasteiger partial charge in [-0.05, 0) is 24.8 Å². The Morgan fingerprint density at radius 1 is 1.44 bits per heavy atom. The van der Waals surface area contributed by atoms with E-state index in [0.29, 0.717) is 6.42 Å². The van der Waals surface area contributed by atoms with Crippen LogP contribution in [0.1, 0.15) is 12.0 Å². The summed E-state index contributed by atoms with van der Waals surface area (Å²) in [5, 5.41) is 11.6. The summed E-state index contributed by atoms with van der Waals surface area (Å²) in [7, 11) is 1.68. The van der Waals surface area contributed by atoms with Crippen LogP contribution in [0.2, 0.25) is 0 Å².